The average Bonchev–Trinajstić information content (AvgIpc) is 3.07. The van der Waals surface area contributed by atoms with E-state index in [-0.39, 0.29) is 0 Å². The molecule has 2 heterocycles. The number of hydrogen-bond acceptors (Lipinski definition) is 4. The molecular weight excluding hydrogens is 260 g/mol. The van der Waals surface area contributed by atoms with Crippen LogP contribution in [-0.2, 0) is 13.0 Å². The second kappa shape index (κ2) is 5.19. The Hall–Kier alpha value is -2.21. The lowest BCUT2D eigenvalue weighted by Crippen LogP contribution is -2.04. The predicted molar refractivity (Wildman–Crippen MR) is 73.1 cm³/mol. The first-order chi connectivity index (χ1) is 9.34. The van der Waals surface area contributed by atoms with Crippen LogP contribution in [-0.4, -0.2) is 19.7 Å². The van der Waals surface area contributed by atoms with Crippen LogP contribution in [0.3, 0.4) is 0 Å². The number of aromatic amines is 1. The summed E-state index contributed by atoms with van der Waals surface area (Å²) in [5, 5.41) is 3.80. The van der Waals surface area contributed by atoms with E-state index in [9.17, 15) is 0 Å². The Labute approximate surface area is 114 Å². The van der Waals surface area contributed by atoms with Crippen LogP contribution >= 0.6 is 12.2 Å². The van der Waals surface area contributed by atoms with E-state index in [1.807, 2.05) is 29.0 Å². The fourth-order valence-corrected chi connectivity index (χ4v) is 2.23. The van der Waals surface area contributed by atoms with Gasteiger partial charge >= 0.3 is 0 Å². The highest BCUT2D eigenvalue weighted by molar-refractivity contribution is 7.71. The molecule has 0 atom stereocenters. The van der Waals surface area contributed by atoms with Crippen molar-refractivity contribution in [2.75, 3.05) is 0 Å². The maximum atomic E-state index is 5.31. The van der Waals surface area contributed by atoms with Crippen molar-refractivity contribution in [3.05, 3.63) is 53.5 Å². The highest BCUT2D eigenvalue weighted by Crippen LogP contribution is 2.19. The zero-order valence-corrected chi connectivity index (χ0v) is 10.9. The zero-order chi connectivity index (χ0) is 13.1. The first-order valence-corrected chi connectivity index (χ1v) is 6.34. The lowest BCUT2D eigenvalue weighted by atomic mass is 10.2. The summed E-state index contributed by atoms with van der Waals surface area (Å²) in [6.45, 7) is 0.714. The van der Waals surface area contributed by atoms with Gasteiger partial charge in [-0.25, -0.2) is 0 Å². The summed E-state index contributed by atoms with van der Waals surface area (Å²) >= 11 is 5.31. The summed E-state index contributed by atoms with van der Waals surface area (Å²) < 4.78 is 7.46. The van der Waals surface area contributed by atoms with Gasteiger partial charge in [-0.1, -0.05) is 35.5 Å². The van der Waals surface area contributed by atoms with Crippen LogP contribution in [0.5, 0.6) is 0 Å². The van der Waals surface area contributed by atoms with Crippen molar-refractivity contribution >= 4 is 12.2 Å². The van der Waals surface area contributed by atoms with Crippen molar-refractivity contribution in [1.82, 2.24) is 19.7 Å². The minimum atomic E-state index is 0.683. The van der Waals surface area contributed by atoms with Gasteiger partial charge in [0.2, 0.25) is 6.39 Å². The summed E-state index contributed by atoms with van der Waals surface area (Å²) in [6.07, 6.45) is 3.94. The third-order valence-corrected chi connectivity index (χ3v) is 3.24. The highest BCUT2D eigenvalue weighted by Gasteiger charge is 2.07. The molecule has 0 saturated carbocycles. The Kier molecular flexibility index (Phi) is 3.24. The molecule has 0 amide bonds. The molecule has 3 aromatic rings. The van der Waals surface area contributed by atoms with Gasteiger partial charge in [-0.05, 0) is 17.8 Å². The Balaban J connectivity index is 1.89. The van der Waals surface area contributed by atoms with Crippen LogP contribution in [0.2, 0.25) is 0 Å². The van der Waals surface area contributed by atoms with Crippen molar-refractivity contribution < 1.29 is 4.52 Å². The number of H-pyrrole nitrogens is 1. The minimum Gasteiger partial charge on any atom is -0.343 e. The van der Waals surface area contributed by atoms with Gasteiger partial charge in [-0.2, -0.15) is 4.98 Å². The molecule has 2 aromatic heterocycles. The number of benzene rings is 1. The normalized spacial score (nSPS) is 10.7. The lowest BCUT2D eigenvalue weighted by Gasteiger charge is -2.06. The number of nitrogens with zero attached hydrogens (tertiary/aromatic N) is 3. The van der Waals surface area contributed by atoms with Crippen molar-refractivity contribution in [2.24, 2.45) is 0 Å². The summed E-state index contributed by atoms with van der Waals surface area (Å²) in [5.41, 5.74) is 2.19. The van der Waals surface area contributed by atoms with Gasteiger partial charge in [0.1, 0.15) is 0 Å². The van der Waals surface area contributed by atoms with Crippen LogP contribution < -0.4 is 0 Å². The molecule has 0 aliphatic heterocycles. The van der Waals surface area contributed by atoms with Gasteiger partial charge in [0.05, 0.1) is 5.69 Å². The summed E-state index contributed by atoms with van der Waals surface area (Å²) in [4.78, 5) is 7.09. The highest BCUT2D eigenvalue weighted by atomic mass is 32.1. The van der Waals surface area contributed by atoms with E-state index < -0.39 is 0 Å². The number of aromatic nitrogens is 4. The third-order valence-electron chi connectivity index (χ3n) is 2.90. The van der Waals surface area contributed by atoms with E-state index in [2.05, 4.69) is 27.3 Å². The maximum Gasteiger partial charge on any atom is 0.213 e. The molecular formula is C13H12N4OS. The fraction of sp³-hybridized carbons (Fsp3) is 0.154. The molecule has 6 heteroatoms. The van der Waals surface area contributed by atoms with Crippen molar-refractivity contribution in [1.29, 1.82) is 0 Å². The topological polar surface area (TPSA) is 59.6 Å². The SMILES string of the molecule is S=c1[nH]cc(-c2ccccc2)n1CCc1ncon1. The van der Waals surface area contributed by atoms with Gasteiger partial charge in [-0.3, -0.25) is 0 Å². The van der Waals surface area contributed by atoms with Gasteiger partial charge in [0, 0.05) is 19.2 Å². The fourth-order valence-electron chi connectivity index (χ4n) is 1.98. The number of rotatable bonds is 4. The molecule has 0 radical (unpaired) electrons. The van der Waals surface area contributed by atoms with E-state index in [0.29, 0.717) is 23.6 Å². The molecule has 0 bridgehead atoms. The number of imidazole rings is 1. The number of nitrogens with one attached hydrogen (secondary N) is 1. The molecule has 19 heavy (non-hydrogen) atoms. The Morgan fingerprint density at radius 3 is 2.84 bits per heavy atom. The molecule has 5 nitrogen and oxygen atoms in total. The third kappa shape index (κ3) is 2.48. The quantitative estimate of drug-likeness (QED) is 0.742. The van der Waals surface area contributed by atoms with Crippen LogP contribution in [0.1, 0.15) is 5.82 Å². The van der Waals surface area contributed by atoms with Gasteiger partial charge < -0.3 is 14.1 Å². The van der Waals surface area contributed by atoms with Crippen molar-refractivity contribution in [3.63, 3.8) is 0 Å². The Morgan fingerprint density at radius 2 is 2.11 bits per heavy atom. The smallest absolute Gasteiger partial charge is 0.213 e. The van der Waals surface area contributed by atoms with Crippen LogP contribution in [0.4, 0.5) is 0 Å². The summed E-state index contributed by atoms with van der Waals surface area (Å²) in [5.74, 6) is 0.683. The predicted octanol–water partition coefficient (Wildman–Crippen LogP) is 2.84. The molecule has 0 aliphatic carbocycles. The minimum absolute atomic E-state index is 0.683. The van der Waals surface area contributed by atoms with Gasteiger partial charge in [0.15, 0.2) is 10.6 Å². The van der Waals surface area contributed by atoms with E-state index in [0.717, 1.165) is 11.3 Å². The number of hydrogen-bond donors (Lipinski definition) is 1. The van der Waals surface area contributed by atoms with E-state index >= 15 is 0 Å². The van der Waals surface area contributed by atoms with E-state index in [1.165, 1.54) is 6.39 Å². The monoisotopic (exact) mass is 272 g/mol. The standard InChI is InChI=1S/C13H12N4OS/c19-13-14-8-11(10-4-2-1-3-5-10)17(13)7-6-12-15-9-18-16-12/h1-5,8-9H,6-7H2,(H,14,19). The maximum absolute atomic E-state index is 5.31. The molecule has 0 fully saturated rings. The molecule has 0 saturated heterocycles. The largest absolute Gasteiger partial charge is 0.343 e. The second-order valence-electron chi connectivity index (χ2n) is 4.09. The van der Waals surface area contributed by atoms with Crippen molar-refractivity contribution in [3.8, 4) is 11.3 Å². The zero-order valence-electron chi connectivity index (χ0n) is 10.1. The first-order valence-electron chi connectivity index (χ1n) is 5.93. The number of aryl methyl sites for hydroxylation is 1. The second-order valence-corrected chi connectivity index (χ2v) is 4.48. The Morgan fingerprint density at radius 1 is 1.26 bits per heavy atom. The lowest BCUT2D eigenvalue weighted by molar-refractivity contribution is 0.408. The molecule has 0 unspecified atom stereocenters. The molecule has 3 rings (SSSR count). The van der Waals surface area contributed by atoms with Crippen molar-refractivity contribution in [2.45, 2.75) is 13.0 Å². The molecule has 96 valence electrons. The first kappa shape index (κ1) is 11.9. The summed E-state index contributed by atoms with van der Waals surface area (Å²) in [7, 11) is 0. The van der Waals surface area contributed by atoms with Gasteiger partial charge in [-0.15, -0.1) is 0 Å². The van der Waals surface area contributed by atoms with E-state index in [4.69, 9.17) is 16.7 Å². The molecule has 0 aliphatic rings. The molecule has 1 N–H and O–H groups in total. The Bertz CT molecular complexity index is 700. The molecule has 0 spiro atoms. The van der Waals surface area contributed by atoms with E-state index in [1.54, 1.807) is 0 Å². The summed E-state index contributed by atoms with van der Waals surface area (Å²) in [6, 6.07) is 10.1. The molecule has 1 aromatic carbocycles. The van der Waals surface area contributed by atoms with Crippen LogP contribution in [0.25, 0.3) is 11.3 Å². The van der Waals surface area contributed by atoms with Crippen LogP contribution in [0.15, 0.2) is 47.4 Å². The van der Waals surface area contributed by atoms with Gasteiger partial charge in [0.25, 0.3) is 0 Å². The van der Waals surface area contributed by atoms with Crippen LogP contribution in [0, 0.1) is 4.77 Å². The average molecular weight is 272 g/mol.